The van der Waals surface area contributed by atoms with Gasteiger partial charge in [0, 0.05) is 54.6 Å². The fourth-order valence-corrected chi connectivity index (χ4v) is 3.38. The number of hydrogen-bond donors (Lipinski definition) is 1. The number of nitrogens with zero attached hydrogens (tertiary/aromatic N) is 4. The Morgan fingerprint density at radius 3 is 2.43 bits per heavy atom. The van der Waals surface area contributed by atoms with E-state index in [0.29, 0.717) is 23.9 Å². The summed E-state index contributed by atoms with van der Waals surface area (Å²) >= 11 is 6.00. The molecule has 7 heteroatoms. The van der Waals surface area contributed by atoms with Crippen LogP contribution in [0, 0.1) is 13.8 Å². The average molecular weight is 402 g/mol. The van der Waals surface area contributed by atoms with E-state index in [1.54, 1.807) is 0 Å². The largest absolute Gasteiger partial charge is 0.353 e. The number of amides is 2. The number of anilines is 1. The summed E-state index contributed by atoms with van der Waals surface area (Å²) in [5.74, 6) is 1.65. The molecule has 0 unspecified atom stereocenters. The number of halogens is 1. The monoisotopic (exact) mass is 401 g/mol. The van der Waals surface area contributed by atoms with E-state index in [2.05, 4.69) is 29.0 Å². The molecule has 1 fully saturated rings. The van der Waals surface area contributed by atoms with Gasteiger partial charge in [-0.2, -0.15) is 0 Å². The molecule has 0 saturated carbocycles. The molecule has 150 valence electrons. The van der Waals surface area contributed by atoms with Gasteiger partial charge < -0.3 is 15.1 Å². The van der Waals surface area contributed by atoms with Crippen LogP contribution in [0.15, 0.2) is 24.3 Å². The summed E-state index contributed by atoms with van der Waals surface area (Å²) in [5, 5.41) is 3.69. The summed E-state index contributed by atoms with van der Waals surface area (Å²) in [6.45, 7) is 9.83. The number of nitrogens with one attached hydrogen (secondary N) is 1. The van der Waals surface area contributed by atoms with Crippen LogP contribution < -0.4 is 10.2 Å². The van der Waals surface area contributed by atoms with Crippen LogP contribution >= 0.6 is 11.6 Å². The SMILES string of the molecule is CCCCNC(=O)N1CCN(c2nc(-c3ccc(Cl)cc3)nc(C)c2C)CC1. The average Bonchev–Trinajstić information content (AvgIpc) is 2.71. The second-order valence-electron chi connectivity index (χ2n) is 7.15. The molecule has 2 amide bonds. The summed E-state index contributed by atoms with van der Waals surface area (Å²) < 4.78 is 0. The van der Waals surface area contributed by atoms with E-state index in [0.717, 1.165) is 55.1 Å². The zero-order valence-corrected chi connectivity index (χ0v) is 17.6. The maximum absolute atomic E-state index is 12.3. The van der Waals surface area contributed by atoms with Gasteiger partial charge in [-0.25, -0.2) is 14.8 Å². The lowest BCUT2D eigenvalue weighted by molar-refractivity contribution is 0.194. The fourth-order valence-electron chi connectivity index (χ4n) is 3.25. The van der Waals surface area contributed by atoms with Crippen LogP contribution in [0.1, 0.15) is 31.0 Å². The quantitative estimate of drug-likeness (QED) is 0.768. The Morgan fingerprint density at radius 1 is 1.11 bits per heavy atom. The van der Waals surface area contributed by atoms with Crippen molar-refractivity contribution in [1.82, 2.24) is 20.2 Å². The van der Waals surface area contributed by atoms with E-state index in [1.807, 2.05) is 36.1 Å². The summed E-state index contributed by atoms with van der Waals surface area (Å²) in [7, 11) is 0. The first-order valence-electron chi connectivity index (χ1n) is 9.88. The predicted octanol–water partition coefficient (Wildman–Crippen LogP) is 4.05. The molecule has 1 aromatic carbocycles. The molecule has 2 heterocycles. The van der Waals surface area contributed by atoms with Crippen molar-refractivity contribution in [3.8, 4) is 11.4 Å². The Kier molecular flexibility index (Phi) is 6.73. The Morgan fingerprint density at radius 2 is 1.79 bits per heavy atom. The van der Waals surface area contributed by atoms with Crippen molar-refractivity contribution >= 4 is 23.4 Å². The zero-order chi connectivity index (χ0) is 20.1. The molecule has 28 heavy (non-hydrogen) atoms. The third-order valence-corrected chi connectivity index (χ3v) is 5.39. The van der Waals surface area contributed by atoms with E-state index in [4.69, 9.17) is 16.6 Å². The van der Waals surface area contributed by atoms with Gasteiger partial charge in [0.2, 0.25) is 0 Å². The van der Waals surface area contributed by atoms with Crippen LogP contribution in [-0.2, 0) is 0 Å². The number of urea groups is 1. The van der Waals surface area contributed by atoms with Gasteiger partial charge in [-0.15, -0.1) is 0 Å². The minimum absolute atomic E-state index is 0.0329. The van der Waals surface area contributed by atoms with Crippen molar-refractivity contribution in [1.29, 1.82) is 0 Å². The number of aryl methyl sites for hydroxylation is 1. The third-order valence-electron chi connectivity index (χ3n) is 5.14. The molecule has 3 rings (SSSR count). The number of benzene rings is 1. The van der Waals surface area contributed by atoms with Crippen LogP contribution in [0.5, 0.6) is 0 Å². The second-order valence-corrected chi connectivity index (χ2v) is 7.58. The third kappa shape index (κ3) is 4.73. The molecule has 1 aromatic heterocycles. The van der Waals surface area contributed by atoms with E-state index in [1.165, 1.54) is 0 Å². The Bertz CT molecular complexity index is 816. The highest BCUT2D eigenvalue weighted by Crippen LogP contribution is 2.26. The lowest BCUT2D eigenvalue weighted by Crippen LogP contribution is -2.52. The minimum Gasteiger partial charge on any atom is -0.353 e. The first-order valence-corrected chi connectivity index (χ1v) is 10.3. The van der Waals surface area contributed by atoms with Crippen LogP contribution in [0.25, 0.3) is 11.4 Å². The first kappa shape index (κ1) is 20.4. The van der Waals surface area contributed by atoms with Gasteiger partial charge in [0.25, 0.3) is 0 Å². The summed E-state index contributed by atoms with van der Waals surface area (Å²) in [6.07, 6.45) is 2.09. The molecule has 0 spiro atoms. The van der Waals surface area contributed by atoms with Crippen LogP contribution in [0.4, 0.5) is 10.6 Å². The second kappa shape index (κ2) is 9.24. The molecule has 0 aliphatic carbocycles. The van der Waals surface area contributed by atoms with Gasteiger partial charge in [-0.05, 0) is 44.5 Å². The molecule has 1 saturated heterocycles. The first-order chi connectivity index (χ1) is 13.5. The lowest BCUT2D eigenvalue weighted by Gasteiger charge is -2.36. The lowest BCUT2D eigenvalue weighted by atomic mass is 10.1. The van der Waals surface area contributed by atoms with Crippen molar-refractivity contribution in [2.24, 2.45) is 0 Å². The normalized spacial score (nSPS) is 14.3. The van der Waals surface area contributed by atoms with Gasteiger partial charge in [0.15, 0.2) is 5.82 Å². The predicted molar refractivity (Wildman–Crippen MR) is 114 cm³/mol. The number of unbranched alkanes of at least 4 members (excludes halogenated alkanes) is 1. The van der Waals surface area contributed by atoms with E-state index >= 15 is 0 Å². The number of carbonyl (C=O) groups is 1. The molecule has 0 bridgehead atoms. The number of piperazine rings is 1. The molecule has 1 N–H and O–H groups in total. The topological polar surface area (TPSA) is 61.4 Å². The Hall–Kier alpha value is -2.34. The van der Waals surface area contributed by atoms with E-state index in [9.17, 15) is 4.79 Å². The van der Waals surface area contributed by atoms with E-state index in [-0.39, 0.29) is 6.03 Å². The van der Waals surface area contributed by atoms with Gasteiger partial charge in [-0.1, -0.05) is 24.9 Å². The number of rotatable bonds is 5. The highest BCUT2D eigenvalue weighted by Gasteiger charge is 2.24. The highest BCUT2D eigenvalue weighted by molar-refractivity contribution is 6.30. The van der Waals surface area contributed by atoms with Crippen molar-refractivity contribution in [2.75, 3.05) is 37.6 Å². The van der Waals surface area contributed by atoms with Crippen molar-refractivity contribution in [2.45, 2.75) is 33.6 Å². The molecule has 2 aromatic rings. The maximum atomic E-state index is 12.3. The zero-order valence-electron chi connectivity index (χ0n) is 16.8. The molecule has 1 aliphatic rings. The van der Waals surface area contributed by atoms with Crippen molar-refractivity contribution in [3.05, 3.63) is 40.5 Å². The van der Waals surface area contributed by atoms with Crippen LogP contribution in [-0.4, -0.2) is 53.6 Å². The fraction of sp³-hybridized carbons (Fsp3) is 0.476. The Labute approximate surface area is 171 Å². The smallest absolute Gasteiger partial charge is 0.317 e. The standard InChI is InChI=1S/C21H28ClN5O/c1-4-5-10-23-21(28)27-13-11-26(12-14-27)20-15(2)16(3)24-19(25-20)17-6-8-18(22)9-7-17/h6-9H,4-5,10-14H2,1-3H3,(H,23,28). The number of aromatic nitrogens is 2. The number of carbonyl (C=O) groups excluding carboxylic acids is 1. The van der Waals surface area contributed by atoms with E-state index < -0.39 is 0 Å². The molecular formula is C21H28ClN5O. The summed E-state index contributed by atoms with van der Waals surface area (Å²) in [5.41, 5.74) is 3.00. The highest BCUT2D eigenvalue weighted by atomic mass is 35.5. The van der Waals surface area contributed by atoms with Gasteiger partial charge in [0.1, 0.15) is 5.82 Å². The van der Waals surface area contributed by atoms with Crippen LogP contribution in [0.2, 0.25) is 5.02 Å². The Balaban J connectivity index is 1.72. The summed E-state index contributed by atoms with van der Waals surface area (Å²) in [4.78, 5) is 25.9. The van der Waals surface area contributed by atoms with Crippen molar-refractivity contribution < 1.29 is 4.79 Å². The van der Waals surface area contributed by atoms with Gasteiger partial charge in [-0.3, -0.25) is 0 Å². The minimum atomic E-state index is 0.0329. The van der Waals surface area contributed by atoms with Gasteiger partial charge >= 0.3 is 6.03 Å². The maximum Gasteiger partial charge on any atom is 0.317 e. The molecular weight excluding hydrogens is 374 g/mol. The van der Waals surface area contributed by atoms with Gasteiger partial charge in [0.05, 0.1) is 0 Å². The summed E-state index contributed by atoms with van der Waals surface area (Å²) in [6, 6.07) is 7.62. The molecule has 0 radical (unpaired) electrons. The van der Waals surface area contributed by atoms with Crippen LogP contribution in [0.3, 0.4) is 0 Å². The number of hydrogen-bond acceptors (Lipinski definition) is 4. The molecule has 6 nitrogen and oxygen atoms in total. The molecule has 1 aliphatic heterocycles. The molecule has 0 atom stereocenters. The van der Waals surface area contributed by atoms with Crippen molar-refractivity contribution in [3.63, 3.8) is 0 Å².